The highest BCUT2D eigenvalue weighted by Crippen LogP contribution is 2.29. The Labute approximate surface area is 235 Å². The molecule has 1 N–H and O–H groups in total. The number of hydrogen-bond donors (Lipinski definition) is 1. The first kappa shape index (κ1) is 29.3. The van der Waals surface area contributed by atoms with Crippen molar-refractivity contribution in [1.29, 1.82) is 0 Å². The van der Waals surface area contributed by atoms with Crippen molar-refractivity contribution in [2.24, 2.45) is 5.92 Å². The van der Waals surface area contributed by atoms with E-state index in [-0.39, 0.29) is 47.9 Å². The van der Waals surface area contributed by atoms with Gasteiger partial charge in [-0.05, 0) is 48.4 Å². The van der Waals surface area contributed by atoms with Gasteiger partial charge in [0.25, 0.3) is 5.91 Å². The average molecular weight is 566 g/mol. The molecule has 9 nitrogen and oxygen atoms in total. The molecule has 1 aliphatic heterocycles. The molecule has 0 unspecified atom stereocenters. The molecule has 0 radical (unpaired) electrons. The van der Waals surface area contributed by atoms with E-state index in [0.29, 0.717) is 11.3 Å². The van der Waals surface area contributed by atoms with Crippen LogP contribution in [0.2, 0.25) is 0 Å². The van der Waals surface area contributed by atoms with Crippen LogP contribution >= 0.6 is 0 Å². The maximum Gasteiger partial charge on any atom is 0.259 e. The van der Waals surface area contributed by atoms with Crippen LogP contribution < -0.4 is 9.47 Å². The zero-order valence-corrected chi connectivity index (χ0v) is 23.9. The lowest BCUT2D eigenvalue weighted by atomic mass is 10.00. The Bertz CT molecular complexity index is 1440. The lowest BCUT2D eigenvalue weighted by Crippen LogP contribution is -2.50. The van der Waals surface area contributed by atoms with Gasteiger partial charge in [-0.3, -0.25) is 4.79 Å². The van der Waals surface area contributed by atoms with Gasteiger partial charge >= 0.3 is 0 Å². The molecule has 10 heteroatoms. The maximum absolute atomic E-state index is 13.6. The molecule has 1 aromatic heterocycles. The average Bonchev–Trinajstić information content (AvgIpc) is 2.98. The molecule has 2 aromatic carbocycles. The third-order valence-electron chi connectivity index (χ3n) is 7.01. The zero-order chi connectivity index (χ0) is 28.9. The molecule has 0 aliphatic carbocycles. The molecule has 0 saturated carbocycles. The van der Waals surface area contributed by atoms with Crippen LogP contribution in [0.1, 0.15) is 35.3 Å². The van der Waals surface area contributed by atoms with Crippen molar-refractivity contribution in [3.05, 3.63) is 83.6 Å². The SMILES string of the molecule is COc1ccc(S(=O)(=O)N(C)C[C@@H]2Oc3ncc(/C=C/c4ccccc4)cc3C(=O)N([C@H](C)CO)C[C@@H]2C)cc1. The molecule has 0 spiro atoms. The summed E-state index contributed by atoms with van der Waals surface area (Å²) in [6.45, 7) is 3.75. The molecule has 2 heterocycles. The van der Waals surface area contributed by atoms with Gasteiger partial charge in [-0.25, -0.2) is 13.4 Å². The highest BCUT2D eigenvalue weighted by Gasteiger charge is 2.35. The van der Waals surface area contributed by atoms with Crippen molar-refractivity contribution >= 4 is 28.1 Å². The summed E-state index contributed by atoms with van der Waals surface area (Å²) in [4.78, 5) is 19.8. The van der Waals surface area contributed by atoms with E-state index >= 15 is 0 Å². The monoisotopic (exact) mass is 565 g/mol. The summed E-state index contributed by atoms with van der Waals surface area (Å²) < 4.78 is 39.3. The molecule has 0 bridgehead atoms. The van der Waals surface area contributed by atoms with Crippen LogP contribution in [-0.2, 0) is 10.0 Å². The molecular formula is C30H35N3O6S. The number of ether oxygens (including phenoxy) is 2. The lowest BCUT2D eigenvalue weighted by Gasteiger charge is -2.37. The maximum atomic E-state index is 13.6. The lowest BCUT2D eigenvalue weighted by molar-refractivity contribution is 0.0373. The van der Waals surface area contributed by atoms with E-state index in [0.717, 1.165) is 5.56 Å². The number of hydrogen-bond acceptors (Lipinski definition) is 7. The minimum atomic E-state index is -3.82. The fraction of sp³-hybridized carbons (Fsp3) is 0.333. The smallest absolute Gasteiger partial charge is 0.259 e. The van der Waals surface area contributed by atoms with Gasteiger partial charge in [-0.1, -0.05) is 49.4 Å². The molecule has 4 rings (SSSR count). The molecule has 212 valence electrons. The second kappa shape index (κ2) is 12.6. The molecule has 40 heavy (non-hydrogen) atoms. The van der Waals surface area contributed by atoms with Crippen molar-refractivity contribution in [2.45, 2.75) is 30.9 Å². The van der Waals surface area contributed by atoms with Crippen molar-refractivity contribution in [1.82, 2.24) is 14.2 Å². The number of methoxy groups -OCH3 is 1. The summed E-state index contributed by atoms with van der Waals surface area (Å²) in [5.41, 5.74) is 1.97. The third-order valence-corrected chi connectivity index (χ3v) is 8.85. The molecule has 0 saturated heterocycles. The Hall–Kier alpha value is -3.73. The van der Waals surface area contributed by atoms with Crippen LogP contribution in [0.5, 0.6) is 11.6 Å². The Morgan fingerprint density at radius 1 is 1.15 bits per heavy atom. The summed E-state index contributed by atoms with van der Waals surface area (Å²) in [5, 5.41) is 9.90. The predicted octanol–water partition coefficient (Wildman–Crippen LogP) is 3.80. The van der Waals surface area contributed by atoms with E-state index in [2.05, 4.69) is 4.98 Å². The number of carbonyl (C=O) groups is 1. The van der Waals surface area contributed by atoms with Gasteiger partial charge in [-0.2, -0.15) is 4.31 Å². The van der Waals surface area contributed by atoms with Gasteiger partial charge in [0.1, 0.15) is 17.4 Å². The number of sulfonamides is 1. The van der Waals surface area contributed by atoms with Crippen molar-refractivity contribution < 1.29 is 27.8 Å². The fourth-order valence-corrected chi connectivity index (χ4v) is 5.65. The Kier molecular flexibility index (Phi) is 9.24. The molecule has 3 aromatic rings. The number of nitrogens with zero attached hydrogens (tertiary/aromatic N) is 3. The largest absolute Gasteiger partial charge is 0.497 e. The third kappa shape index (κ3) is 6.52. The van der Waals surface area contributed by atoms with Crippen LogP contribution in [-0.4, -0.2) is 79.6 Å². The topological polar surface area (TPSA) is 109 Å². The summed E-state index contributed by atoms with van der Waals surface area (Å²) in [6, 6.07) is 17.2. The van der Waals surface area contributed by atoms with Crippen LogP contribution in [0.15, 0.2) is 71.8 Å². The van der Waals surface area contributed by atoms with E-state index in [1.165, 1.54) is 30.6 Å². The van der Waals surface area contributed by atoms with Crippen LogP contribution in [0.25, 0.3) is 12.2 Å². The van der Waals surface area contributed by atoms with E-state index in [9.17, 15) is 18.3 Å². The van der Waals surface area contributed by atoms with E-state index in [1.807, 2.05) is 49.4 Å². The summed E-state index contributed by atoms with van der Waals surface area (Å²) >= 11 is 0. The van der Waals surface area contributed by atoms with E-state index < -0.39 is 22.2 Å². The molecule has 0 fully saturated rings. The zero-order valence-electron chi connectivity index (χ0n) is 23.1. The number of pyridine rings is 1. The first-order chi connectivity index (χ1) is 19.1. The van der Waals surface area contributed by atoms with Gasteiger partial charge in [0.05, 0.1) is 31.2 Å². The van der Waals surface area contributed by atoms with Gasteiger partial charge in [0.15, 0.2) is 0 Å². The first-order valence-electron chi connectivity index (χ1n) is 13.1. The second-order valence-electron chi connectivity index (χ2n) is 9.95. The van der Waals surface area contributed by atoms with Crippen molar-refractivity contribution in [3.8, 4) is 11.6 Å². The molecular weight excluding hydrogens is 530 g/mol. The Balaban J connectivity index is 1.65. The molecule has 1 aliphatic rings. The summed E-state index contributed by atoms with van der Waals surface area (Å²) in [6.07, 6.45) is 4.79. The second-order valence-corrected chi connectivity index (χ2v) is 12.0. The van der Waals surface area contributed by atoms with Crippen LogP contribution in [0.4, 0.5) is 0 Å². The number of fused-ring (bicyclic) bond motifs is 1. The summed E-state index contributed by atoms with van der Waals surface area (Å²) in [5.74, 6) is 0.119. The normalized spacial score (nSPS) is 18.6. The minimum Gasteiger partial charge on any atom is -0.497 e. The van der Waals surface area contributed by atoms with E-state index in [1.54, 1.807) is 36.2 Å². The van der Waals surface area contributed by atoms with Crippen LogP contribution in [0, 0.1) is 5.92 Å². The van der Waals surface area contributed by atoms with Gasteiger partial charge < -0.3 is 19.5 Å². The van der Waals surface area contributed by atoms with Crippen molar-refractivity contribution in [3.63, 3.8) is 0 Å². The molecule has 1 amide bonds. The number of carbonyl (C=O) groups excluding carboxylic acids is 1. The minimum absolute atomic E-state index is 0.0296. The van der Waals surface area contributed by atoms with Gasteiger partial charge in [0, 0.05) is 25.7 Å². The van der Waals surface area contributed by atoms with Crippen LogP contribution in [0.3, 0.4) is 0 Å². The standard InChI is InChI=1S/C30H35N3O6S/c1-21-18-33(22(2)20-34)30(35)27-16-24(11-10-23-8-6-5-7-9-23)17-31-29(27)39-28(21)19-32(3)40(36,37)26-14-12-25(38-4)13-15-26/h5-17,21-22,28,34H,18-20H2,1-4H3/b11-10+/t21-,22+,28-/m0/s1. The summed E-state index contributed by atoms with van der Waals surface area (Å²) in [7, 11) is -0.807. The Morgan fingerprint density at radius 3 is 2.48 bits per heavy atom. The number of amides is 1. The predicted molar refractivity (Wildman–Crippen MR) is 154 cm³/mol. The number of aliphatic hydroxyl groups is 1. The number of benzene rings is 2. The highest BCUT2D eigenvalue weighted by molar-refractivity contribution is 7.89. The first-order valence-corrected chi connectivity index (χ1v) is 14.5. The quantitative estimate of drug-likeness (QED) is 0.420. The number of aliphatic hydroxyl groups excluding tert-OH is 1. The Morgan fingerprint density at radius 2 is 1.82 bits per heavy atom. The number of rotatable bonds is 9. The number of likely N-dealkylation sites (N-methyl/N-ethyl adjacent to an activating group) is 1. The van der Waals surface area contributed by atoms with Crippen molar-refractivity contribution in [2.75, 3.05) is 33.9 Å². The fourth-order valence-electron chi connectivity index (χ4n) is 4.46. The van der Waals surface area contributed by atoms with Gasteiger partial charge in [-0.15, -0.1) is 0 Å². The molecule has 3 atom stereocenters. The van der Waals surface area contributed by atoms with E-state index in [4.69, 9.17) is 9.47 Å². The highest BCUT2D eigenvalue weighted by atomic mass is 32.2. The van der Waals surface area contributed by atoms with Gasteiger partial charge in [0.2, 0.25) is 15.9 Å². The number of aromatic nitrogens is 1.